The molecule has 0 radical (unpaired) electrons. The number of fused-ring (bicyclic) bond motifs is 2. The molecule has 4 rings (SSSR count). The van der Waals surface area contributed by atoms with E-state index in [4.69, 9.17) is 9.47 Å². The van der Waals surface area contributed by atoms with Crippen LogP contribution in [0.4, 0.5) is 5.69 Å². The van der Waals surface area contributed by atoms with Crippen LogP contribution in [0, 0.1) is 0 Å². The molecule has 2 aliphatic heterocycles. The summed E-state index contributed by atoms with van der Waals surface area (Å²) in [6.45, 7) is 2.06. The van der Waals surface area contributed by atoms with E-state index in [9.17, 15) is 9.59 Å². The summed E-state index contributed by atoms with van der Waals surface area (Å²) in [5, 5.41) is 0. The average Bonchev–Trinajstić information content (AvgIpc) is 2.76. The molecule has 2 heterocycles. The van der Waals surface area contributed by atoms with Crippen LogP contribution in [0.5, 0.6) is 11.5 Å². The largest absolute Gasteiger partial charge is 0.486 e. The average molecular weight is 393 g/mol. The van der Waals surface area contributed by atoms with Crippen molar-refractivity contribution in [3.8, 4) is 11.5 Å². The summed E-state index contributed by atoms with van der Waals surface area (Å²) >= 11 is 0. The Balaban J connectivity index is 1.27. The molecule has 0 saturated heterocycles. The first kappa shape index (κ1) is 18.9. The van der Waals surface area contributed by atoms with E-state index in [0.29, 0.717) is 24.7 Å². The summed E-state index contributed by atoms with van der Waals surface area (Å²) in [5.41, 5.74) is 8.03. The minimum atomic E-state index is -0.410. The van der Waals surface area contributed by atoms with Gasteiger partial charge in [-0.15, -0.1) is 0 Å². The predicted octanol–water partition coefficient (Wildman–Crippen LogP) is 2.07. The molecule has 0 unspecified atom stereocenters. The maximum atomic E-state index is 12.2. The molecule has 0 atom stereocenters. The molecular weight excluding hydrogens is 370 g/mol. The predicted molar refractivity (Wildman–Crippen MR) is 110 cm³/mol. The quantitative estimate of drug-likeness (QED) is 0.614. The zero-order valence-corrected chi connectivity index (χ0v) is 16.0. The Labute approximate surface area is 169 Å². The number of hydrogen-bond donors (Lipinski definition) is 2. The van der Waals surface area contributed by atoms with E-state index < -0.39 is 5.91 Å². The summed E-state index contributed by atoms with van der Waals surface area (Å²) in [7, 11) is 0. The van der Waals surface area contributed by atoms with Crippen LogP contribution in [0.1, 0.15) is 17.5 Å². The number of para-hydroxylation sites is 1. The number of hydrogen-bond acceptors (Lipinski definition) is 5. The van der Waals surface area contributed by atoms with Crippen LogP contribution < -0.4 is 25.2 Å². The third-order valence-electron chi connectivity index (χ3n) is 4.86. The number of aryl methyl sites for hydroxylation is 1. The Bertz CT molecular complexity index is 941. The lowest BCUT2D eigenvalue weighted by Gasteiger charge is -2.30. The highest BCUT2D eigenvalue weighted by Gasteiger charge is 2.18. The first-order valence-electron chi connectivity index (χ1n) is 9.68. The summed E-state index contributed by atoms with van der Waals surface area (Å²) in [6.07, 6.45) is 5.05. The van der Waals surface area contributed by atoms with Crippen molar-refractivity contribution in [3.63, 3.8) is 0 Å². The topological polar surface area (TPSA) is 79.9 Å². The second kappa shape index (κ2) is 8.68. The number of amides is 2. The highest BCUT2D eigenvalue weighted by molar-refractivity contribution is 5.93. The van der Waals surface area contributed by atoms with Crippen LogP contribution >= 0.6 is 0 Å². The van der Waals surface area contributed by atoms with Crippen LogP contribution in [0.15, 0.2) is 48.5 Å². The van der Waals surface area contributed by atoms with Gasteiger partial charge >= 0.3 is 0 Å². The van der Waals surface area contributed by atoms with Crippen molar-refractivity contribution in [3.05, 3.63) is 59.7 Å². The van der Waals surface area contributed by atoms with Crippen LogP contribution in [-0.4, -0.2) is 38.1 Å². The summed E-state index contributed by atoms with van der Waals surface area (Å²) in [5.74, 6) is 0.688. The molecule has 2 aromatic rings. The maximum Gasteiger partial charge on any atom is 0.262 e. The zero-order valence-electron chi connectivity index (χ0n) is 16.0. The van der Waals surface area contributed by atoms with Crippen molar-refractivity contribution in [1.29, 1.82) is 0 Å². The van der Waals surface area contributed by atoms with Crippen LogP contribution in [0.3, 0.4) is 0 Å². The molecule has 0 saturated carbocycles. The fraction of sp³-hybridized carbons (Fsp3) is 0.273. The van der Waals surface area contributed by atoms with Crippen molar-refractivity contribution in [2.45, 2.75) is 12.8 Å². The molecule has 2 aliphatic rings. The maximum absolute atomic E-state index is 12.2. The van der Waals surface area contributed by atoms with Gasteiger partial charge in [-0.25, -0.2) is 0 Å². The van der Waals surface area contributed by atoms with E-state index in [1.54, 1.807) is 6.08 Å². The molecule has 7 heteroatoms. The number of carbonyl (C=O) groups is 2. The minimum absolute atomic E-state index is 0.198. The van der Waals surface area contributed by atoms with Gasteiger partial charge in [-0.05, 0) is 48.2 Å². The summed E-state index contributed by atoms with van der Waals surface area (Å²) in [4.78, 5) is 26.3. The third-order valence-corrected chi connectivity index (χ3v) is 4.86. The lowest BCUT2D eigenvalue weighted by Crippen LogP contribution is -2.47. The number of carbonyl (C=O) groups excluding carboxylic acids is 2. The van der Waals surface area contributed by atoms with Crippen LogP contribution in [0.25, 0.3) is 6.08 Å². The molecule has 2 N–H and O–H groups in total. The van der Waals surface area contributed by atoms with Gasteiger partial charge in [0.2, 0.25) is 0 Å². The number of nitrogens with one attached hydrogen (secondary N) is 2. The number of anilines is 1. The van der Waals surface area contributed by atoms with Gasteiger partial charge in [-0.3, -0.25) is 20.4 Å². The number of rotatable bonds is 4. The highest BCUT2D eigenvalue weighted by atomic mass is 16.6. The monoisotopic (exact) mass is 393 g/mol. The Morgan fingerprint density at radius 1 is 1.03 bits per heavy atom. The standard InChI is InChI=1S/C22H23N3O4/c26-21(10-8-16-7-9-19-20(14-16)29-13-12-28-19)23-24-22(27)15-25-11-3-5-17-4-1-2-6-18(17)25/h1-2,4,6-10,14H,3,5,11-13,15H2,(H,23,26)(H,24,27)/b10-8+. The molecule has 0 aromatic heterocycles. The second-order valence-electron chi connectivity index (χ2n) is 6.93. The number of hydrazine groups is 1. The smallest absolute Gasteiger partial charge is 0.262 e. The van der Waals surface area contributed by atoms with Crippen molar-refractivity contribution in [1.82, 2.24) is 10.9 Å². The molecule has 2 aromatic carbocycles. The molecular formula is C22H23N3O4. The fourth-order valence-corrected chi connectivity index (χ4v) is 3.50. The van der Waals surface area contributed by atoms with Gasteiger partial charge in [0.25, 0.3) is 11.8 Å². The second-order valence-corrected chi connectivity index (χ2v) is 6.93. The lowest BCUT2D eigenvalue weighted by molar-refractivity contribution is -0.125. The van der Waals surface area contributed by atoms with Crippen molar-refractivity contribution >= 4 is 23.6 Å². The Morgan fingerprint density at radius 3 is 2.76 bits per heavy atom. The SMILES string of the molecule is O=C(/C=C/c1ccc2c(c1)OCCO2)NNC(=O)CN1CCCc2ccccc21. The van der Waals surface area contributed by atoms with E-state index >= 15 is 0 Å². The van der Waals surface area contributed by atoms with E-state index in [2.05, 4.69) is 16.9 Å². The summed E-state index contributed by atoms with van der Waals surface area (Å²) in [6, 6.07) is 13.6. The summed E-state index contributed by atoms with van der Waals surface area (Å²) < 4.78 is 11.0. The minimum Gasteiger partial charge on any atom is -0.486 e. The van der Waals surface area contributed by atoms with Gasteiger partial charge in [0, 0.05) is 18.3 Å². The van der Waals surface area contributed by atoms with Crippen molar-refractivity contribution in [2.75, 3.05) is 31.2 Å². The number of benzene rings is 2. The van der Waals surface area contributed by atoms with Gasteiger partial charge < -0.3 is 14.4 Å². The Morgan fingerprint density at radius 2 is 1.86 bits per heavy atom. The van der Waals surface area contributed by atoms with Gasteiger partial charge in [0.15, 0.2) is 11.5 Å². The van der Waals surface area contributed by atoms with E-state index in [1.165, 1.54) is 11.6 Å². The highest BCUT2D eigenvalue weighted by Crippen LogP contribution is 2.31. The normalized spacial score (nSPS) is 15.0. The van der Waals surface area contributed by atoms with Gasteiger partial charge in [-0.1, -0.05) is 24.3 Å². The first-order valence-corrected chi connectivity index (χ1v) is 9.68. The molecule has 29 heavy (non-hydrogen) atoms. The Hall–Kier alpha value is -3.48. The van der Waals surface area contributed by atoms with E-state index in [1.807, 2.05) is 41.3 Å². The fourth-order valence-electron chi connectivity index (χ4n) is 3.50. The number of ether oxygens (including phenoxy) is 2. The van der Waals surface area contributed by atoms with E-state index in [0.717, 1.165) is 30.6 Å². The van der Waals surface area contributed by atoms with Crippen LogP contribution in [0.2, 0.25) is 0 Å². The molecule has 150 valence electrons. The third kappa shape index (κ3) is 4.68. The number of nitrogens with zero attached hydrogens (tertiary/aromatic N) is 1. The van der Waals surface area contributed by atoms with Gasteiger partial charge in [-0.2, -0.15) is 0 Å². The van der Waals surface area contributed by atoms with Crippen LogP contribution in [-0.2, 0) is 16.0 Å². The molecule has 0 spiro atoms. The molecule has 0 aliphatic carbocycles. The molecule has 7 nitrogen and oxygen atoms in total. The van der Waals surface area contributed by atoms with Crippen molar-refractivity contribution < 1.29 is 19.1 Å². The van der Waals surface area contributed by atoms with Gasteiger partial charge in [0.1, 0.15) is 13.2 Å². The molecule has 0 bridgehead atoms. The first-order chi connectivity index (χ1) is 14.2. The Kier molecular flexibility index (Phi) is 5.65. The van der Waals surface area contributed by atoms with Crippen molar-refractivity contribution in [2.24, 2.45) is 0 Å². The van der Waals surface area contributed by atoms with Gasteiger partial charge in [0.05, 0.1) is 6.54 Å². The van der Waals surface area contributed by atoms with E-state index in [-0.39, 0.29) is 12.5 Å². The molecule has 0 fully saturated rings. The lowest BCUT2D eigenvalue weighted by atomic mass is 10.0. The zero-order chi connectivity index (χ0) is 20.1. The molecule has 2 amide bonds.